The fraction of sp³-hybridized carbons (Fsp3) is 0.0556. The highest BCUT2D eigenvalue weighted by Gasteiger charge is 2.08. The maximum atomic E-state index is 12.2. The predicted molar refractivity (Wildman–Crippen MR) is 92.4 cm³/mol. The van der Waals surface area contributed by atoms with Gasteiger partial charge in [0.05, 0.1) is 0 Å². The van der Waals surface area contributed by atoms with E-state index in [1.807, 2.05) is 18.2 Å². The zero-order chi connectivity index (χ0) is 15.4. The summed E-state index contributed by atoms with van der Waals surface area (Å²) in [6, 6.07) is 17.1. The van der Waals surface area contributed by atoms with Gasteiger partial charge in [0, 0.05) is 17.1 Å². The lowest BCUT2D eigenvalue weighted by Crippen LogP contribution is -2.23. The number of hydrogen-bond acceptors (Lipinski definition) is 2. The first-order valence-corrected chi connectivity index (χ1v) is 8.20. The Bertz CT molecular complexity index is 783. The summed E-state index contributed by atoms with van der Waals surface area (Å²) in [5.74, 6) is -0.123. The number of nitrogens with one attached hydrogen (secondary N) is 1. The number of amides is 1. The Kier molecular flexibility index (Phi) is 4.56. The van der Waals surface area contributed by atoms with Crippen molar-refractivity contribution in [2.24, 2.45) is 0 Å². The van der Waals surface area contributed by atoms with Crippen LogP contribution < -0.4 is 5.32 Å². The summed E-state index contributed by atoms with van der Waals surface area (Å²) in [7, 11) is 0. The van der Waals surface area contributed by atoms with E-state index in [0.29, 0.717) is 17.1 Å². The molecule has 0 saturated carbocycles. The molecule has 22 heavy (non-hydrogen) atoms. The van der Waals surface area contributed by atoms with Crippen molar-refractivity contribution in [1.82, 2.24) is 5.32 Å². The lowest BCUT2D eigenvalue weighted by molar-refractivity contribution is 0.0951. The van der Waals surface area contributed by atoms with E-state index in [9.17, 15) is 4.79 Å². The van der Waals surface area contributed by atoms with Crippen LogP contribution in [0.5, 0.6) is 0 Å². The fourth-order valence-electron chi connectivity index (χ4n) is 2.28. The van der Waals surface area contributed by atoms with Crippen LogP contribution in [0, 0.1) is 0 Å². The molecule has 1 heterocycles. The summed E-state index contributed by atoms with van der Waals surface area (Å²) < 4.78 is 0. The van der Waals surface area contributed by atoms with Gasteiger partial charge in [0.15, 0.2) is 0 Å². The maximum absolute atomic E-state index is 12.2. The topological polar surface area (TPSA) is 29.1 Å². The number of carbonyl (C=O) groups excluding carboxylic acids is 1. The largest absolute Gasteiger partial charge is 0.348 e. The monoisotopic (exact) mass is 327 g/mol. The average molecular weight is 328 g/mol. The normalized spacial score (nSPS) is 10.4. The van der Waals surface area contributed by atoms with Gasteiger partial charge in [-0.3, -0.25) is 4.79 Å². The molecule has 0 spiro atoms. The van der Waals surface area contributed by atoms with Crippen molar-refractivity contribution >= 4 is 28.8 Å². The molecule has 4 heteroatoms. The molecular weight excluding hydrogens is 314 g/mol. The number of hydrogen-bond donors (Lipinski definition) is 1. The van der Waals surface area contributed by atoms with Crippen molar-refractivity contribution in [2.45, 2.75) is 6.54 Å². The minimum Gasteiger partial charge on any atom is -0.348 e. The number of thiophene rings is 1. The fourth-order valence-corrected chi connectivity index (χ4v) is 3.13. The second-order valence-corrected chi connectivity index (χ2v) is 6.08. The zero-order valence-electron chi connectivity index (χ0n) is 11.8. The number of halogens is 1. The van der Waals surface area contributed by atoms with E-state index >= 15 is 0 Å². The minimum absolute atomic E-state index is 0.123. The van der Waals surface area contributed by atoms with Crippen LogP contribution >= 0.6 is 22.9 Å². The molecule has 0 radical (unpaired) electrons. The Balaban J connectivity index is 1.76. The highest BCUT2D eigenvalue weighted by molar-refractivity contribution is 7.08. The Morgan fingerprint density at radius 2 is 1.95 bits per heavy atom. The van der Waals surface area contributed by atoms with Gasteiger partial charge in [0.25, 0.3) is 5.91 Å². The maximum Gasteiger partial charge on any atom is 0.251 e. The van der Waals surface area contributed by atoms with Crippen LogP contribution in [-0.2, 0) is 6.54 Å². The van der Waals surface area contributed by atoms with Crippen molar-refractivity contribution in [2.75, 3.05) is 0 Å². The van der Waals surface area contributed by atoms with E-state index in [1.54, 1.807) is 35.6 Å². The Morgan fingerprint density at radius 3 is 2.73 bits per heavy atom. The molecule has 0 unspecified atom stereocenters. The molecule has 0 bridgehead atoms. The molecule has 0 saturated heterocycles. The Hall–Kier alpha value is -2.10. The lowest BCUT2D eigenvalue weighted by atomic mass is 10.0. The molecule has 2 nitrogen and oxygen atoms in total. The zero-order valence-corrected chi connectivity index (χ0v) is 13.3. The van der Waals surface area contributed by atoms with Crippen molar-refractivity contribution in [3.05, 3.63) is 81.5 Å². The summed E-state index contributed by atoms with van der Waals surface area (Å²) in [4.78, 5) is 12.2. The molecule has 0 fully saturated rings. The molecule has 1 N–H and O–H groups in total. The van der Waals surface area contributed by atoms with Crippen LogP contribution in [0.25, 0.3) is 11.1 Å². The second-order valence-electron chi connectivity index (χ2n) is 4.86. The molecule has 0 atom stereocenters. The van der Waals surface area contributed by atoms with Crippen LogP contribution in [-0.4, -0.2) is 5.91 Å². The quantitative estimate of drug-likeness (QED) is 0.718. The van der Waals surface area contributed by atoms with E-state index in [-0.39, 0.29) is 5.91 Å². The third-order valence-corrected chi connectivity index (χ3v) is 4.29. The van der Waals surface area contributed by atoms with E-state index in [2.05, 4.69) is 28.2 Å². The highest BCUT2D eigenvalue weighted by atomic mass is 35.5. The molecular formula is C18H14ClNOS. The minimum atomic E-state index is -0.123. The molecule has 2 aromatic carbocycles. The molecule has 0 aliphatic rings. The summed E-state index contributed by atoms with van der Waals surface area (Å²) in [5.41, 5.74) is 3.99. The van der Waals surface area contributed by atoms with Crippen molar-refractivity contribution in [3.63, 3.8) is 0 Å². The van der Waals surface area contributed by atoms with Crippen molar-refractivity contribution in [1.29, 1.82) is 0 Å². The van der Waals surface area contributed by atoms with Gasteiger partial charge in [-0.2, -0.15) is 11.3 Å². The van der Waals surface area contributed by atoms with Crippen LogP contribution in [0.1, 0.15) is 15.9 Å². The van der Waals surface area contributed by atoms with E-state index < -0.39 is 0 Å². The second kappa shape index (κ2) is 6.77. The first kappa shape index (κ1) is 14.8. The van der Waals surface area contributed by atoms with Crippen molar-refractivity contribution in [3.8, 4) is 11.1 Å². The summed E-state index contributed by atoms with van der Waals surface area (Å²) in [5, 5.41) is 7.67. The average Bonchev–Trinajstić information content (AvgIpc) is 3.07. The number of benzene rings is 2. The molecule has 3 aromatic rings. The Morgan fingerprint density at radius 1 is 1.09 bits per heavy atom. The van der Waals surface area contributed by atoms with Crippen LogP contribution in [0.4, 0.5) is 0 Å². The lowest BCUT2D eigenvalue weighted by Gasteiger charge is -2.10. The van der Waals surface area contributed by atoms with Crippen LogP contribution in [0.15, 0.2) is 65.4 Å². The SMILES string of the molecule is O=C(NCc1ccccc1-c1ccsc1)c1cccc(Cl)c1. The molecule has 1 aromatic heterocycles. The summed E-state index contributed by atoms with van der Waals surface area (Å²) in [6.45, 7) is 0.483. The van der Waals surface area contributed by atoms with Gasteiger partial charge >= 0.3 is 0 Å². The smallest absolute Gasteiger partial charge is 0.251 e. The Labute approximate surface area is 138 Å². The van der Waals surface area contributed by atoms with Gasteiger partial charge in [-0.1, -0.05) is 41.9 Å². The predicted octanol–water partition coefficient (Wildman–Crippen LogP) is 5.00. The summed E-state index contributed by atoms with van der Waals surface area (Å²) in [6.07, 6.45) is 0. The van der Waals surface area contributed by atoms with Crippen LogP contribution in [0.3, 0.4) is 0 Å². The number of rotatable bonds is 4. The first-order chi connectivity index (χ1) is 10.7. The molecule has 3 rings (SSSR count). The van der Waals surface area contributed by atoms with Gasteiger partial charge in [-0.05, 0) is 51.7 Å². The first-order valence-electron chi connectivity index (χ1n) is 6.88. The third-order valence-electron chi connectivity index (χ3n) is 3.38. The molecule has 110 valence electrons. The molecule has 0 aliphatic carbocycles. The van der Waals surface area contributed by atoms with Gasteiger partial charge in [-0.15, -0.1) is 0 Å². The van der Waals surface area contributed by atoms with E-state index in [0.717, 1.165) is 11.1 Å². The standard InChI is InChI=1S/C18H14ClNOS/c19-16-6-3-5-13(10-16)18(21)20-11-14-4-1-2-7-17(14)15-8-9-22-12-15/h1-10,12H,11H2,(H,20,21). The van der Waals surface area contributed by atoms with Crippen molar-refractivity contribution < 1.29 is 4.79 Å². The van der Waals surface area contributed by atoms with Gasteiger partial charge in [0.1, 0.15) is 0 Å². The highest BCUT2D eigenvalue weighted by Crippen LogP contribution is 2.25. The summed E-state index contributed by atoms with van der Waals surface area (Å²) >= 11 is 7.58. The number of carbonyl (C=O) groups is 1. The van der Waals surface area contributed by atoms with Gasteiger partial charge in [0.2, 0.25) is 0 Å². The molecule has 1 amide bonds. The third kappa shape index (κ3) is 3.38. The van der Waals surface area contributed by atoms with E-state index in [4.69, 9.17) is 11.6 Å². The molecule has 0 aliphatic heterocycles. The van der Waals surface area contributed by atoms with E-state index in [1.165, 1.54) is 5.56 Å². The van der Waals surface area contributed by atoms with Gasteiger partial charge in [-0.25, -0.2) is 0 Å². The van der Waals surface area contributed by atoms with Gasteiger partial charge < -0.3 is 5.32 Å². The van der Waals surface area contributed by atoms with Crippen LogP contribution in [0.2, 0.25) is 5.02 Å².